The fourth-order valence-electron chi connectivity index (χ4n) is 1.74. The van der Waals surface area contributed by atoms with Gasteiger partial charge in [0, 0.05) is 12.6 Å². The Morgan fingerprint density at radius 1 is 1.64 bits per heavy atom. The van der Waals surface area contributed by atoms with Crippen molar-refractivity contribution >= 4 is 5.96 Å². The Kier molecular flexibility index (Phi) is 2.74. The maximum Gasteiger partial charge on any atom is 0.188 e. The summed E-state index contributed by atoms with van der Waals surface area (Å²) in [7, 11) is 0. The van der Waals surface area contributed by atoms with Gasteiger partial charge in [0.15, 0.2) is 5.96 Å². The van der Waals surface area contributed by atoms with Gasteiger partial charge in [-0.05, 0) is 25.7 Å². The first-order valence-corrected chi connectivity index (χ1v) is 4.36. The average molecular weight is 155 g/mol. The molecule has 0 aromatic carbocycles. The smallest absolute Gasteiger partial charge is 0.188 e. The second-order valence-electron chi connectivity index (χ2n) is 3.14. The fourth-order valence-corrected chi connectivity index (χ4v) is 1.74. The molecule has 0 bridgehead atoms. The molecule has 0 aromatic rings. The van der Waals surface area contributed by atoms with Crippen molar-refractivity contribution in [3.8, 4) is 0 Å². The minimum Gasteiger partial charge on any atom is -0.370 e. The fraction of sp³-hybridized carbons (Fsp3) is 0.875. The minimum atomic E-state index is 0.247. The third-order valence-corrected chi connectivity index (χ3v) is 2.41. The molecule has 1 fully saturated rings. The van der Waals surface area contributed by atoms with Crippen LogP contribution in [0.3, 0.4) is 0 Å². The molecule has 1 unspecified atom stereocenters. The highest BCUT2D eigenvalue weighted by molar-refractivity contribution is 5.75. The van der Waals surface area contributed by atoms with Crippen molar-refractivity contribution in [2.75, 3.05) is 6.54 Å². The summed E-state index contributed by atoms with van der Waals surface area (Å²) in [5.74, 6) is 0.247. The Morgan fingerprint density at radius 2 is 2.36 bits per heavy atom. The van der Waals surface area contributed by atoms with Gasteiger partial charge in [0.2, 0.25) is 0 Å². The summed E-state index contributed by atoms with van der Waals surface area (Å²) in [6.45, 7) is 3.14. The molecular formula is C8H17N3. The third kappa shape index (κ3) is 1.85. The Bertz CT molecular complexity index is 144. The van der Waals surface area contributed by atoms with Crippen LogP contribution in [0.15, 0.2) is 0 Å². The first-order valence-electron chi connectivity index (χ1n) is 4.36. The molecule has 1 saturated heterocycles. The van der Waals surface area contributed by atoms with Crippen LogP contribution in [0.2, 0.25) is 0 Å². The van der Waals surface area contributed by atoms with Gasteiger partial charge in [-0.1, -0.05) is 6.92 Å². The van der Waals surface area contributed by atoms with Gasteiger partial charge in [-0.15, -0.1) is 0 Å². The van der Waals surface area contributed by atoms with E-state index in [4.69, 9.17) is 11.1 Å². The molecule has 64 valence electrons. The summed E-state index contributed by atoms with van der Waals surface area (Å²) >= 11 is 0. The van der Waals surface area contributed by atoms with Gasteiger partial charge >= 0.3 is 0 Å². The predicted octanol–water partition coefficient (Wildman–Crippen LogP) is 1.14. The molecule has 1 heterocycles. The summed E-state index contributed by atoms with van der Waals surface area (Å²) in [6.07, 6.45) is 4.80. The van der Waals surface area contributed by atoms with Crippen LogP contribution in [0.5, 0.6) is 0 Å². The molecule has 0 aromatic heterocycles. The first-order chi connectivity index (χ1) is 5.25. The SMILES string of the molecule is CCC1CCCCN1C(=N)N. The molecule has 3 heteroatoms. The largest absolute Gasteiger partial charge is 0.370 e. The lowest BCUT2D eigenvalue weighted by atomic mass is 10.0. The van der Waals surface area contributed by atoms with E-state index in [2.05, 4.69) is 6.92 Å². The van der Waals surface area contributed by atoms with Gasteiger partial charge in [-0.2, -0.15) is 0 Å². The van der Waals surface area contributed by atoms with Gasteiger partial charge in [0.25, 0.3) is 0 Å². The van der Waals surface area contributed by atoms with E-state index in [1.165, 1.54) is 19.3 Å². The summed E-state index contributed by atoms with van der Waals surface area (Å²) in [4.78, 5) is 2.02. The van der Waals surface area contributed by atoms with Crippen molar-refractivity contribution < 1.29 is 0 Å². The van der Waals surface area contributed by atoms with Gasteiger partial charge < -0.3 is 10.6 Å². The number of rotatable bonds is 1. The molecule has 3 N–H and O–H groups in total. The predicted molar refractivity (Wildman–Crippen MR) is 46.6 cm³/mol. The minimum absolute atomic E-state index is 0.247. The van der Waals surface area contributed by atoms with E-state index in [-0.39, 0.29) is 5.96 Å². The zero-order chi connectivity index (χ0) is 8.27. The van der Waals surface area contributed by atoms with Crippen LogP contribution < -0.4 is 5.73 Å². The van der Waals surface area contributed by atoms with Gasteiger partial charge in [-0.25, -0.2) is 0 Å². The second-order valence-corrected chi connectivity index (χ2v) is 3.14. The van der Waals surface area contributed by atoms with Crippen molar-refractivity contribution in [2.24, 2.45) is 5.73 Å². The number of hydrogen-bond donors (Lipinski definition) is 2. The number of likely N-dealkylation sites (tertiary alicyclic amines) is 1. The van der Waals surface area contributed by atoms with Gasteiger partial charge in [0.05, 0.1) is 0 Å². The molecule has 0 radical (unpaired) electrons. The lowest BCUT2D eigenvalue weighted by Gasteiger charge is -2.35. The zero-order valence-corrected chi connectivity index (χ0v) is 7.14. The van der Waals surface area contributed by atoms with Gasteiger partial charge in [0.1, 0.15) is 0 Å². The summed E-state index contributed by atoms with van der Waals surface area (Å²) in [5.41, 5.74) is 5.44. The van der Waals surface area contributed by atoms with E-state index in [9.17, 15) is 0 Å². The monoisotopic (exact) mass is 155 g/mol. The Hall–Kier alpha value is -0.730. The highest BCUT2D eigenvalue weighted by Crippen LogP contribution is 2.18. The van der Waals surface area contributed by atoms with Crippen LogP contribution >= 0.6 is 0 Å². The second kappa shape index (κ2) is 3.60. The zero-order valence-electron chi connectivity index (χ0n) is 7.14. The normalized spacial score (nSPS) is 25.2. The van der Waals surface area contributed by atoms with Crippen LogP contribution in [0.25, 0.3) is 0 Å². The molecule has 0 amide bonds. The lowest BCUT2D eigenvalue weighted by molar-refractivity contribution is 0.232. The van der Waals surface area contributed by atoms with Crippen LogP contribution in [0.1, 0.15) is 32.6 Å². The number of hydrogen-bond acceptors (Lipinski definition) is 1. The number of nitrogens with two attached hydrogens (primary N) is 1. The molecule has 1 atom stereocenters. The standard InChI is InChI=1S/C8H17N3/c1-2-7-5-3-4-6-11(7)8(9)10/h7H,2-6H2,1H3,(H3,9,10). The molecular weight excluding hydrogens is 138 g/mol. The van der Waals surface area contributed by atoms with Crippen molar-refractivity contribution in [1.29, 1.82) is 5.41 Å². The maximum atomic E-state index is 7.33. The molecule has 3 nitrogen and oxygen atoms in total. The molecule has 1 rings (SSSR count). The van der Waals surface area contributed by atoms with E-state index < -0.39 is 0 Å². The topological polar surface area (TPSA) is 53.1 Å². The summed E-state index contributed by atoms with van der Waals surface area (Å²) in [6, 6.07) is 0.529. The van der Waals surface area contributed by atoms with E-state index in [0.29, 0.717) is 6.04 Å². The van der Waals surface area contributed by atoms with Crippen molar-refractivity contribution in [1.82, 2.24) is 4.90 Å². The number of nitrogens with zero attached hydrogens (tertiary/aromatic N) is 1. The number of guanidine groups is 1. The lowest BCUT2D eigenvalue weighted by Crippen LogP contribution is -2.46. The van der Waals surface area contributed by atoms with Crippen molar-refractivity contribution in [3.05, 3.63) is 0 Å². The highest BCUT2D eigenvalue weighted by atomic mass is 15.3. The Morgan fingerprint density at radius 3 is 2.82 bits per heavy atom. The van der Waals surface area contributed by atoms with Gasteiger partial charge in [-0.3, -0.25) is 5.41 Å². The Balaban J connectivity index is 2.51. The number of piperidine rings is 1. The summed E-state index contributed by atoms with van der Waals surface area (Å²) in [5, 5.41) is 7.33. The van der Waals surface area contributed by atoms with E-state index >= 15 is 0 Å². The van der Waals surface area contributed by atoms with Crippen LogP contribution in [-0.2, 0) is 0 Å². The van der Waals surface area contributed by atoms with Crippen LogP contribution in [-0.4, -0.2) is 23.4 Å². The van der Waals surface area contributed by atoms with E-state index in [1.54, 1.807) is 0 Å². The number of nitrogens with one attached hydrogen (secondary N) is 1. The highest BCUT2D eigenvalue weighted by Gasteiger charge is 2.20. The quantitative estimate of drug-likeness (QED) is 0.441. The van der Waals surface area contributed by atoms with E-state index in [1.807, 2.05) is 4.90 Å². The summed E-state index contributed by atoms with van der Waals surface area (Å²) < 4.78 is 0. The molecule has 0 spiro atoms. The molecule has 11 heavy (non-hydrogen) atoms. The van der Waals surface area contributed by atoms with Crippen LogP contribution in [0, 0.1) is 5.41 Å². The van der Waals surface area contributed by atoms with Crippen molar-refractivity contribution in [2.45, 2.75) is 38.6 Å². The Labute approximate surface area is 68.1 Å². The van der Waals surface area contributed by atoms with Crippen molar-refractivity contribution in [3.63, 3.8) is 0 Å². The molecule has 0 saturated carbocycles. The molecule has 1 aliphatic heterocycles. The molecule has 1 aliphatic rings. The van der Waals surface area contributed by atoms with Crippen LogP contribution in [0.4, 0.5) is 0 Å². The third-order valence-electron chi connectivity index (χ3n) is 2.41. The van der Waals surface area contributed by atoms with E-state index in [0.717, 1.165) is 13.0 Å². The first kappa shape index (κ1) is 8.37. The molecule has 0 aliphatic carbocycles. The maximum absolute atomic E-state index is 7.33. The average Bonchev–Trinajstić information content (AvgIpc) is 2.04.